The van der Waals surface area contributed by atoms with Gasteiger partial charge >= 0.3 is 5.97 Å². The summed E-state index contributed by atoms with van der Waals surface area (Å²) in [5.74, 6) is -1.78. The van der Waals surface area contributed by atoms with E-state index in [2.05, 4.69) is 32.2 Å². The highest BCUT2D eigenvalue weighted by molar-refractivity contribution is 6.30. The second-order valence-electron chi connectivity index (χ2n) is 13.5. The van der Waals surface area contributed by atoms with Crippen LogP contribution in [-0.4, -0.2) is 29.4 Å². The number of ketones is 1. The number of halogens is 2. The van der Waals surface area contributed by atoms with Gasteiger partial charge in [-0.15, -0.1) is 0 Å². The molecule has 0 amide bonds. The van der Waals surface area contributed by atoms with Crippen LogP contribution in [0.1, 0.15) is 85.3 Å². The average Bonchev–Trinajstić information content (AvgIpc) is 3.14. The standard InChI is InChI=1S/C33H42Cl2N2O3/c1-20(2)25(30(39)40-32(6,7)8)17-26(38)29-28(21-10-9-11-24(35)16-21)33(19-36,22-12-14-23(34)15-13-22)27(37-29)18-31(3,4)5/h9-16,20,25,27-29,37H,17-18H2,1-8H3/t25-,27-,28-,29-,33-/m0/s1. The van der Waals surface area contributed by atoms with Crippen LogP contribution >= 0.6 is 23.2 Å². The number of hydrogen-bond donors (Lipinski definition) is 1. The number of hydrogen-bond acceptors (Lipinski definition) is 5. The Morgan fingerprint density at radius 3 is 2.15 bits per heavy atom. The Morgan fingerprint density at radius 2 is 1.65 bits per heavy atom. The first-order valence-electron chi connectivity index (χ1n) is 13.9. The molecule has 216 valence electrons. The number of nitriles is 1. The van der Waals surface area contributed by atoms with Crippen LogP contribution in [0.25, 0.3) is 0 Å². The lowest BCUT2D eigenvalue weighted by molar-refractivity contribution is -0.163. The summed E-state index contributed by atoms with van der Waals surface area (Å²) in [4.78, 5) is 27.4. The van der Waals surface area contributed by atoms with Gasteiger partial charge < -0.3 is 10.1 Å². The minimum absolute atomic E-state index is 0.00563. The van der Waals surface area contributed by atoms with Crippen molar-refractivity contribution in [3.63, 3.8) is 0 Å². The monoisotopic (exact) mass is 584 g/mol. The summed E-state index contributed by atoms with van der Waals surface area (Å²) in [6.45, 7) is 15.7. The molecule has 0 unspecified atom stereocenters. The molecule has 0 spiro atoms. The van der Waals surface area contributed by atoms with Crippen LogP contribution in [-0.2, 0) is 19.7 Å². The summed E-state index contributed by atoms with van der Waals surface area (Å²) in [5, 5.41) is 15.7. The van der Waals surface area contributed by atoms with E-state index in [1.54, 1.807) is 18.2 Å². The Morgan fingerprint density at radius 1 is 1.02 bits per heavy atom. The number of benzene rings is 2. The van der Waals surface area contributed by atoms with E-state index in [4.69, 9.17) is 27.9 Å². The maximum absolute atomic E-state index is 14.3. The molecule has 5 nitrogen and oxygen atoms in total. The lowest BCUT2D eigenvalue weighted by Crippen LogP contribution is -2.44. The second kappa shape index (κ2) is 12.2. The summed E-state index contributed by atoms with van der Waals surface area (Å²) in [6, 6.07) is 16.3. The van der Waals surface area contributed by atoms with Crippen LogP contribution in [0.4, 0.5) is 0 Å². The molecule has 3 rings (SSSR count). The summed E-state index contributed by atoms with van der Waals surface area (Å²) in [5.41, 5.74) is -0.314. The van der Waals surface area contributed by atoms with E-state index < -0.39 is 28.9 Å². The van der Waals surface area contributed by atoms with Crippen LogP contribution in [0.3, 0.4) is 0 Å². The molecule has 1 aliphatic rings. The molecule has 0 saturated carbocycles. The number of carbonyl (C=O) groups is 2. The van der Waals surface area contributed by atoms with Gasteiger partial charge in [0.05, 0.1) is 18.0 Å². The quantitative estimate of drug-likeness (QED) is 0.319. The molecule has 0 bridgehead atoms. The zero-order chi connectivity index (χ0) is 30.0. The number of carbonyl (C=O) groups excluding carboxylic acids is 2. The van der Waals surface area contributed by atoms with E-state index in [0.29, 0.717) is 16.5 Å². The predicted molar refractivity (Wildman–Crippen MR) is 162 cm³/mol. The molecule has 5 atom stereocenters. The highest BCUT2D eigenvalue weighted by Crippen LogP contribution is 2.52. The summed E-state index contributed by atoms with van der Waals surface area (Å²) < 4.78 is 5.69. The van der Waals surface area contributed by atoms with Gasteiger partial charge in [-0.1, -0.05) is 82.1 Å². The van der Waals surface area contributed by atoms with Crippen molar-refractivity contribution in [1.82, 2.24) is 5.32 Å². The number of nitrogens with zero attached hydrogens (tertiary/aromatic N) is 1. The van der Waals surface area contributed by atoms with Crippen molar-refractivity contribution >= 4 is 35.0 Å². The predicted octanol–water partition coefficient (Wildman–Crippen LogP) is 7.89. The van der Waals surface area contributed by atoms with E-state index in [-0.39, 0.29) is 35.5 Å². The van der Waals surface area contributed by atoms with Crippen molar-refractivity contribution in [1.29, 1.82) is 5.26 Å². The van der Waals surface area contributed by atoms with Gasteiger partial charge in [-0.3, -0.25) is 9.59 Å². The second-order valence-corrected chi connectivity index (χ2v) is 14.4. The molecule has 2 aromatic rings. The highest BCUT2D eigenvalue weighted by atomic mass is 35.5. The lowest BCUT2D eigenvalue weighted by Gasteiger charge is -2.37. The Hall–Kier alpha value is -2.39. The van der Waals surface area contributed by atoms with Crippen molar-refractivity contribution in [3.05, 3.63) is 69.7 Å². The van der Waals surface area contributed by atoms with Crippen molar-refractivity contribution in [2.45, 2.75) is 97.2 Å². The molecule has 1 saturated heterocycles. The summed E-state index contributed by atoms with van der Waals surface area (Å²) in [6.07, 6.45) is 0.648. The van der Waals surface area contributed by atoms with Gasteiger partial charge in [0, 0.05) is 28.4 Å². The number of nitrogens with one attached hydrogen (secondary N) is 1. The number of rotatable bonds is 8. The zero-order valence-electron chi connectivity index (χ0n) is 24.8. The Balaban J connectivity index is 2.18. The fraction of sp³-hybridized carbons (Fsp3) is 0.545. The summed E-state index contributed by atoms with van der Waals surface area (Å²) in [7, 11) is 0. The molecule has 1 fully saturated rings. The van der Waals surface area contributed by atoms with Gasteiger partial charge in [0.1, 0.15) is 11.0 Å². The smallest absolute Gasteiger partial charge is 0.310 e. The largest absolute Gasteiger partial charge is 0.460 e. The van der Waals surface area contributed by atoms with Gasteiger partial charge in [0.25, 0.3) is 0 Å². The van der Waals surface area contributed by atoms with Crippen LogP contribution in [0.15, 0.2) is 48.5 Å². The highest BCUT2D eigenvalue weighted by Gasteiger charge is 2.59. The zero-order valence-corrected chi connectivity index (χ0v) is 26.4. The van der Waals surface area contributed by atoms with E-state index >= 15 is 0 Å². The average molecular weight is 586 g/mol. The molecule has 7 heteroatoms. The van der Waals surface area contributed by atoms with Gasteiger partial charge in [-0.25, -0.2) is 0 Å². The molecule has 0 aliphatic carbocycles. The van der Waals surface area contributed by atoms with Crippen molar-refractivity contribution in [2.75, 3.05) is 0 Å². The van der Waals surface area contributed by atoms with Crippen molar-refractivity contribution < 1.29 is 14.3 Å². The fourth-order valence-corrected chi connectivity index (χ4v) is 6.15. The molecule has 0 aromatic heterocycles. The van der Waals surface area contributed by atoms with Gasteiger partial charge in [-0.05, 0) is 73.9 Å². The van der Waals surface area contributed by atoms with E-state index in [1.165, 1.54) is 0 Å². The third kappa shape index (κ3) is 7.27. The van der Waals surface area contributed by atoms with Crippen molar-refractivity contribution in [2.24, 2.45) is 17.3 Å². The van der Waals surface area contributed by atoms with Crippen molar-refractivity contribution in [3.8, 4) is 6.07 Å². The normalized spacial score (nSPS) is 24.0. The third-order valence-electron chi connectivity index (χ3n) is 7.57. The SMILES string of the molecule is CC(C)[C@H](CC(=O)[C@@H]1N[C@@H](CC(C)(C)C)[C@](C#N)(c2ccc(Cl)cc2)[C@H]1c1cccc(Cl)c1)C(=O)OC(C)(C)C. The van der Waals surface area contributed by atoms with Crippen LogP contribution < -0.4 is 5.32 Å². The van der Waals surface area contributed by atoms with Gasteiger partial charge in [-0.2, -0.15) is 5.26 Å². The van der Waals surface area contributed by atoms with Gasteiger partial charge in [0.15, 0.2) is 5.78 Å². The Labute approximate surface area is 249 Å². The summed E-state index contributed by atoms with van der Waals surface area (Å²) >= 11 is 12.7. The molecular weight excluding hydrogens is 543 g/mol. The maximum atomic E-state index is 14.3. The van der Waals surface area contributed by atoms with Crippen LogP contribution in [0.5, 0.6) is 0 Å². The molecule has 1 N–H and O–H groups in total. The Kier molecular flexibility index (Phi) is 9.82. The maximum Gasteiger partial charge on any atom is 0.310 e. The minimum Gasteiger partial charge on any atom is -0.460 e. The van der Waals surface area contributed by atoms with Crippen LogP contribution in [0.2, 0.25) is 10.0 Å². The van der Waals surface area contributed by atoms with E-state index in [9.17, 15) is 14.9 Å². The first-order valence-corrected chi connectivity index (χ1v) is 14.7. The van der Waals surface area contributed by atoms with E-state index in [0.717, 1.165) is 11.1 Å². The number of Topliss-reactive ketones (excluding diaryl/α,β-unsaturated/α-hetero) is 1. The lowest BCUT2D eigenvalue weighted by atomic mass is 9.62. The minimum atomic E-state index is -1.10. The molecule has 0 radical (unpaired) electrons. The molecule has 1 aliphatic heterocycles. The van der Waals surface area contributed by atoms with E-state index in [1.807, 2.05) is 65.0 Å². The first-order chi connectivity index (χ1) is 18.5. The molecule has 2 aromatic carbocycles. The third-order valence-corrected chi connectivity index (χ3v) is 8.05. The molecular formula is C33H42Cl2N2O3. The first kappa shape index (κ1) is 32.1. The fourth-order valence-electron chi connectivity index (χ4n) is 5.82. The van der Waals surface area contributed by atoms with Gasteiger partial charge in [0.2, 0.25) is 0 Å². The molecule has 1 heterocycles. The Bertz CT molecular complexity index is 1250. The number of esters is 1. The topological polar surface area (TPSA) is 79.2 Å². The molecule has 40 heavy (non-hydrogen) atoms. The number of ether oxygens (including phenoxy) is 1. The van der Waals surface area contributed by atoms with Crippen LogP contribution in [0, 0.1) is 28.6 Å².